The first kappa shape index (κ1) is 17.2. The fraction of sp³-hybridized carbons (Fsp3) is 0.174. The topological polar surface area (TPSA) is 36.3 Å². The van der Waals surface area contributed by atoms with Gasteiger partial charge in [0, 0.05) is 12.1 Å². The predicted octanol–water partition coefficient (Wildman–Crippen LogP) is 5.18. The van der Waals surface area contributed by atoms with Gasteiger partial charge >= 0.3 is 0 Å². The molecule has 4 rings (SSSR count). The maximum atomic E-state index is 5.93. The van der Waals surface area contributed by atoms with E-state index in [0.29, 0.717) is 6.61 Å². The minimum absolute atomic E-state index is 0.612. The number of hydrogen-bond donors (Lipinski definition) is 0. The summed E-state index contributed by atoms with van der Waals surface area (Å²) in [6.07, 6.45) is 0.873. The van der Waals surface area contributed by atoms with Gasteiger partial charge in [0.1, 0.15) is 5.82 Å². The van der Waals surface area contributed by atoms with Crippen LogP contribution >= 0.6 is 0 Å². The average Bonchev–Trinajstić information content (AvgIpc) is 3.11. The quantitative estimate of drug-likeness (QED) is 0.427. The molecule has 136 valence electrons. The first-order valence-corrected chi connectivity index (χ1v) is 9.13. The van der Waals surface area contributed by atoms with E-state index in [1.54, 1.807) is 7.11 Å². The number of fused-ring (bicyclic) bond motifs is 1. The molecule has 1 heterocycles. The van der Waals surface area contributed by atoms with Gasteiger partial charge in [-0.25, -0.2) is 4.98 Å². The Hall–Kier alpha value is -3.27. The van der Waals surface area contributed by atoms with Gasteiger partial charge in [0.05, 0.1) is 24.8 Å². The molecule has 0 aliphatic heterocycles. The lowest BCUT2D eigenvalue weighted by molar-refractivity contribution is 0.283. The monoisotopic (exact) mass is 358 g/mol. The van der Waals surface area contributed by atoms with Crippen molar-refractivity contribution in [2.24, 2.45) is 0 Å². The zero-order valence-electron chi connectivity index (χ0n) is 15.3. The Morgan fingerprint density at radius 3 is 2.33 bits per heavy atom. The molecule has 0 aliphatic rings. The molecule has 0 bridgehead atoms. The van der Waals surface area contributed by atoms with Gasteiger partial charge in [-0.1, -0.05) is 54.6 Å². The lowest BCUT2D eigenvalue weighted by Crippen LogP contribution is -2.06. The first-order valence-electron chi connectivity index (χ1n) is 9.13. The number of nitrogens with zero attached hydrogens (tertiary/aromatic N) is 2. The summed E-state index contributed by atoms with van der Waals surface area (Å²) in [4.78, 5) is 4.85. The molecule has 0 amide bonds. The number of methoxy groups -OCH3 is 1. The first-order chi connectivity index (χ1) is 13.4. The summed E-state index contributed by atoms with van der Waals surface area (Å²) < 4.78 is 13.5. The molecule has 0 atom stereocenters. The van der Waals surface area contributed by atoms with Gasteiger partial charge in [0.25, 0.3) is 0 Å². The van der Waals surface area contributed by atoms with E-state index in [9.17, 15) is 0 Å². The number of aryl methyl sites for hydroxylation is 1. The lowest BCUT2D eigenvalue weighted by atomic mass is 10.2. The van der Waals surface area contributed by atoms with Gasteiger partial charge < -0.3 is 14.0 Å². The molecule has 4 nitrogen and oxygen atoms in total. The Balaban J connectivity index is 1.53. The van der Waals surface area contributed by atoms with Gasteiger partial charge in [-0.2, -0.15) is 0 Å². The molecular weight excluding hydrogens is 336 g/mol. The van der Waals surface area contributed by atoms with Crippen LogP contribution in [-0.4, -0.2) is 23.3 Å². The molecule has 0 aliphatic carbocycles. The number of benzene rings is 3. The number of para-hydroxylation sites is 4. The van der Waals surface area contributed by atoms with Gasteiger partial charge in [-0.3, -0.25) is 0 Å². The molecule has 4 heteroatoms. The summed E-state index contributed by atoms with van der Waals surface area (Å²) >= 11 is 0. The minimum atomic E-state index is 0.612. The summed E-state index contributed by atoms with van der Waals surface area (Å²) in [5.74, 6) is 2.53. The second kappa shape index (κ2) is 7.96. The second-order valence-electron chi connectivity index (χ2n) is 6.29. The van der Waals surface area contributed by atoms with Crippen molar-refractivity contribution >= 4 is 11.0 Å². The maximum absolute atomic E-state index is 5.93. The van der Waals surface area contributed by atoms with Crippen molar-refractivity contribution in [3.8, 4) is 22.9 Å². The van der Waals surface area contributed by atoms with Crippen molar-refractivity contribution in [2.75, 3.05) is 13.7 Å². The fourth-order valence-electron chi connectivity index (χ4n) is 3.25. The molecule has 0 N–H and O–H groups in total. The lowest BCUT2D eigenvalue weighted by Gasteiger charge is -2.12. The summed E-state index contributed by atoms with van der Waals surface area (Å²) in [7, 11) is 1.66. The van der Waals surface area contributed by atoms with Crippen molar-refractivity contribution in [3.63, 3.8) is 0 Å². The Bertz CT molecular complexity index is 1020. The highest BCUT2D eigenvalue weighted by Gasteiger charge is 2.12. The highest BCUT2D eigenvalue weighted by Crippen LogP contribution is 2.27. The summed E-state index contributed by atoms with van der Waals surface area (Å²) in [6, 6.07) is 26.3. The van der Waals surface area contributed by atoms with Crippen LogP contribution in [0.4, 0.5) is 0 Å². The standard InChI is InChI=1S/C23H22N2O2/c1-26-21-14-7-8-15-22(21)27-17-9-16-25-20-13-6-5-12-19(20)24-23(25)18-10-3-2-4-11-18/h2-8,10-15H,9,16-17H2,1H3. The van der Waals surface area contributed by atoms with Crippen LogP contribution in [0.5, 0.6) is 11.5 Å². The zero-order chi connectivity index (χ0) is 18.5. The normalized spacial score (nSPS) is 10.9. The highest BCUT2D eigenvalue weighted by molar-refractivity contribution is 5.80. The third kappa shape index (κ3) is 3.65. The van der Waals surface area contributed by atoms with Crippen LogP contribution in [0.1, 0.15) is 6.42 Å². The SMILES string of the molecule is COc1ccccc1OCCCn1c(-c2ccccc2)nc2ccccc21. The number of ether oxygens (including phenoxy) is 2. The van der Waals surface area contributed by atoms with Crippen LogP contribution < -0.4 is 9.47 Å². The fourth-order valence-corrected chi connectivity index (χ4v) is 3.25. The van der Waals surface area contributed by atoms with Crippen molar-refractivity contribution in [2.45, 2.75) is 13.0 Å². The largest absolute Gasteiger partial charge is 0.493 e. The highest BCUT2D eigenvalue weighted by atomic mass is 16.5. The van der Waals surface area contributed by atoms with Crippen molar-refractivity contribution in [3.05, 3.63) is 78.9 Å². The molecule has 0 fully saturated rings. The molecule has 4 aromatic rings. The molecule has 0 unspecified atom stereocenters. The Kier molecular flexibility index (Phi) is 5.06. The van der Waals surface area contributed by atoms with Crippen LogP contribution in [0.15, 0.2) is 78.9 Å². The van der Waals surface area contributed by atoms with Crippen LogP contribution in [-0.2, 0) is 6.54 Å². The summed E-state index contributed by atoms with van der Waals surface area (Å²) in [6.45, 7) is 1.45. The Morgan fingerprint density at radius 1 is 0.815 bits per heavy atom. The Labute approximate surface area is 159 Å². The van der Waals surface area contributed by atoms with E-state index in [1.165, 1.54) is 0 Å². The molecule has 3 aromatic carbocycles. The van der Waals surface area contributed by atoms with E-state index >= 15 is 0 Å². The zero-order valence-corrected chi connectivity index (χ0v) is 15.3. The van der Waals surface area contributed by atoms with E-state index < -0.39 is 0 Å². The number of hydrogen-bond acceptors (Lipinski definition) is 3. The summed E-state index contributed by atoms with van der Waals surface area (Å²) in [5, 5.41) is 0. The molecule has 0 radical (unpaired) electrons. The van der Waals surface area contributed by atoms with Crippen LogP contribution in [0, 0.1) is 0 Å². The molecule has 1 aromatic heterocycles. The van der Waals surface area contributed by atoms with E-state index in [2.05, 4.69) is 34.9 Å². The Morgan fingerprint density at radius 2 is 1.52 bits per heavy atom. The minimum Gasteiger partial charge on any atom is -0.493 e. The molecular formula is C23H22N2O2. The maximum Gasteiger partial charge on any atom is 0.161 e. The number of imidazole rings is 1. The summed E-state index contributed by atoms with van der Waals surface area (Å²) in [5.41, 5.74) is 3.29. The average molecular weight is 358 g/mol. The number of aromatic nitrogens is 2. The smallest absolute Gasteiger partial charge is 0.161 e. The molecule has 0 saturated heterocycles. The van der Waals surface area contributed by atoms with Gasteiger partial charge in [0.2, 0.25) is 0 Å². The van der Waals surface area contributed by atoms with E-state index in [1.807, 2.05) is 48.5 Å². The van der Waals surface area contributed by atoms with Crippen molar-refractivity contribution in [1.29, 1.82) is 0 Å². The third-order valence-corrected chi connectivity index (χ3v) is 4.54. The van der Waals surface area contributed by atoms with E-state index in [-0.39, 0.29) is 0 Å². The van der Waals surface area contributed by atoms with E-state index in [4.69, 9.17) is 14.5 Å². The molecule has 27 heavy (non-hydrogen) atoms. The van der Waals surface area contributed by atoms with Gasteiger partial charge in [-0.05, 0) is 30.7 Å². The van der Waals surface area contributed by atoms with Crippen LogP contribution in [0.3, 0.4) is 0 Å². The van der Waals surface area contributed by atoms with Gasteiger partial charge in [0.15, 0.2) is 11.5 Å². The van der Waals surface area contributed by atoms with Gasteiger partial charge in [-0.15, -0.1) is 0 Å². The van der Waals surface area contributed by atoms with Crippen molar-refractivity contribution in [1.82, 2.24) is 9.55 Å². The number of rotatable bonds is 7. The van der Waals surface area contributed by atoms with Crippen LogP contribution in [0.2, 0.25) is 0 Å². The second-order valence-corrected chi connectivity index (χ2v) is 6.29. The van der Waals surface area contributed by atoms with E-state index in [0.717, 1.165) is 46.9 Å². The molecule has 0 spiro atoms. The van der Waals surface area contributed by atoms with Crippen LogP contribution in [0.25, 0.3) is 22.4 Å². The molecule has 0 saturated carbocycles. The third-order valence-electron chi connectivity index (χ3n) is 4.54. The predicted molar refractivity (Wildman–Crippen MR) is 108 cm³/mol. The van der Waals surface area contributed by atoms with Crippen molar-refractivity contribution < 1.29 is 9.47 Å².